The lowest BCUT2D eigenvalue weighted by atomic mass is 10.1. The van der Waals surface area contributed by atoms with Crippen molar-refractivity contribution in [2.24, 2.45) is 5.92 Å². The first-order valence-electron chi connectivity index (χ1n) is 9.79. The van der Waals surface area contributed by atoms with Crippen LogP contribution < -0.4 is 5.32 Å². The van der Waals surface area contributed by atoms with Crippen molar-refractivity contribution in [3.8, 4) is 0 Å². The molecule has 2 N–H and O–H groups in total. The highest BCUT2D eigenvalue weighted by atomic mass is 35.5. The van der Waals surface area contributed by atoms with Crippen LogP contribution in [0.5, 0.6) is 0 Å². The van der Waals surface area contributed by atoms with Crippen LogP contribution in [0.25, 0.3) is 0 Å². The molecule has 2 atom stereocenters. The standard InChI is InChI=1S/C21H26ClFN4O2/c1-13(12-28)7-20-24-10-16-5-6-27(11-19(16)26-20)21(29)25-14(2)8-15-3-4-17(22)18(23)9-15/h3-4,9-10,13-14,28H,5-8,11-12H2,1-2H3,(H,25,29)/t13-,14-/m1/s1. The average molecular weight is 421 g/mol. The van der Waals surface area contributed by atoms with Gasteiger partial charge in [0.05, 0.1) is 17.3 Å². The van der Waals surface area contributed by atoms with Crippen LogP contribution in [0.15, 0.2) is 24.4 Å². The third-order valence-electron chi connectivity index (χ3n) is 5.02. The highest BCUT2D eigenvalue weighted by Crippen LogP contribution is 2.19. The van der Waals surface area contributed by atoms with Crippen LogP contribution in [0.2, 0.25) is 5.02 Å². The molecule has 6 nitrogen and oxygen atoms in total. The fourth-order valence-corrected chi connectivity index (χ4v) is 3.48. The lowest BCUT2D eigenvalue weighted by molar-refractivity contribution is 0.187. The molecule has 2 aromatic rings. The van der Waals surface area contributed by atoms with Crippen LogP contribution in [0, 0.1) is 11.7 Å². The minimum absolute atomic E-state index is 0.0877. The topological polar surface area (TPSA) is 78.4 Å². The van der Waals surface area contributed by atoms with Gasteiger partial charge in [-0.25, -0.2) is 19.2 Å². The second-order valence-corrected chi connectivity index (χ2v) is 8.13. The van der Waals surface area contributed by atoms with E-state index in [1.807, 2.05) is 20.0 Å². The number of carbonyl (C=O) groups is 1. The molecule has 0 saturated heterocycles. The fraction of sp³-hybridized carbons (Fsp3) is 0.476. The number of benzene rings is 1. The van der Waals surface area contributed by atoms with Gasteiger partial charge in [0.1, 0.15) is 11.6 Å². The molecule has 0 saturated carbocycles. The van der Waals surface area contributed by atoms with E-state index in [4.69, 9.17) is 11.6 Å². The van der Waals surface area contributed by atoms with E-state index in [9.17, 15) is 14.3 Å². The van der Waals surface area contributed by atoms with Gasteiger partial charge in [-0.3, -0.25) is 0 Å². The molecule has 1 aliphatic rings. The summed E-state index contributed by atoms with van der Waals surface area (Å²) in [4.78, 5) is 23.4. The van der Waals surface area contributed by atoms with Gasteiger partial charge in [-0.05, 0) is 48.9 Å². The third-order valence-corrected chi connectivity index (χ3v) is 5.33. The van der Waals surface area contributed by atoms with E-state index in [0.717, 1.165) is 16.8 Å². The number of nitrogens with zero attached hydrogens (tertiary/aromatic N) is 3. The van der Waals surface area contributed by atoms with Crippen molar-refractivity contribution in [3.05, 3.63) is 57.9 Å². The predicted octanol–water partition coefficient (Wildman–Crippen LogP) is 3.14. The summed E-state index contributed by atoms with van der Waals surface area (Å²) in [6, 6.07) is 4.36. The molecule has 1 aromatic carbocycles. The quantitative estimate of drug-likeness (QED) is 0.752. The van der Waals surface area contributed by atoms with E-state index < -0.39 is 5.82 Å². The van der Waals surface area contributed by atoms with Gasteiger partial charge in [0.25, 0.3) is 0 Å². The number of aromatic nitrogens is 2. The Hall–Kier alpha value is -2.25. The van der Waals surface area contributed by atoms with Gasteiger partial charge in [-0.15, -0.1) is 0 Å². The Balaban J connectivity index is 1.59. The largest absolute Gasteiger partial charge is 0.396 e. The number of aliphatic hydroxyl groups excluding tert-OH is 1. The highest BCUT2D eigenvalue weighted by Gasteiger charge is 2.23. The predicted molar refractivity (Wildman–Crippen MR) is 109 cm³/mol. The van der Waals surface area contributed by atoms with Gasteiger partial charge in [0.2, 0.25) is 0 Å². The maximum Gasteiger partial charge on any atom is 0.317 e. The summed E-state index contributed by atoms with van der Waals surface area (Å²) in [5.41, 5.74) is 2.69. The Bertz CT molecular complexity index is 880. The van der Waals surface area contributed by atoms with Gasteiger partial charge in [0, 0.05) is 31.8 Å². The van der Waals surface area contributed by atoms with Crippen LogP contribution in [0.3, 0.4) is 0 Å². The van der Waals surface area contributed by atoms with Crippen molar-refractivity contribution in [1.82, 2.24) is 20.2 Å². The number of nitrogens with one attached hydrogen (secondary N) is 1. The molecule has 0 spiro atoms. The van der Waals surface area contributed by atoms with Crippen molar-refractivity contribution in [3.63, 3.8) is 0 Å². The van der Waals surface area contributed by atoms with Crippen LogP contribution >= 0.6 is 11.6 Å². The van der Waals surface area contributed by atoms with E-state index in [2.05, 4.69) is 15.3 Å². The summed E-state index contributed by atoms with van der Waals surface area (Å²) in [6.45, 7) is 4.93. The van der Waals surface area contributed by atoms with Crippen molar-refractivity contribution in [1.29, 1.82) is 0 Å². The van der Waals surface area contributed by atoms with E-state index in [-0.39, 0.29) is 29.6 Å². The van der Waals surface area contributed by atoms with Gasteiger partial charge in [-0.1, -0.05) is 24.6 Å². The summed E-state index contributed by atoms with van der Waals surface area (Å²) < 4.78 is 13.6. The monoisotopic (exact) mass is 420 g/mol. The molecule has 1 aliphatic heterocycles. The third kappa shape index (κ3) is 5.64. The molecule has 0 unspecified atom stereocenters. The van der Waals surface area contributed by atoms with Crippen molar-refractivity contribution < 1.29 is 14.3 Å². The molecule has 156 valence electrons. The number of fused-ring (bicyclic) bond motifs is 1. The Labute approximate surface area is 175 Å². The highest BCUT2D eigenvalue weighted by molar-refractivity contribution is 6.30. The molecule has 29 heavy (non-hydrogen) atoms. The minimum atomic E-state index is -0.457. The zero-order valence-electron chi connectivity index (χ0n) is 16.7. The van der Waals surface area contributed by atoms with E-state index in [0.29, 0.717) is 38.2 Å². The molecular formula is C21H26ClFN4O2. The van der Waals surface area contributed by atoms with Gasteiger partial charge in [-0.2, -0.15) is 0 Å². The molecule has 2 heterocycles. The normalized spacial score (nSPS) is 15.6. The molecule has 2 amide bonds. The van der Waals surface area contributed by atoms with Crippen LogP contribution in [-0.4, -0.2) is 45.2 Å². The zero-order valence-corrected chi connectivity index (χ0v) is 17.4. The number of hydrogen-bond acceptors (Lipinski definition) is 4. The maximum absolute atomic E-state index is 13.6. The second kappa shape index (κ2) is 9.50. The smallest absolute Gasteiger partial charge is 0.317 e. The van der Waals surface area contributed by atoms with Gasteiger partial charge >= 0.3 is 6.03 Å². The minimum Gasteiger partial charge on any atom is -0.396 e. The number of rotatable bonds is 6. The van der Waals surface area contributed by atoms with Gasteiger partial charge in [0.15, 0.2) is 0 Å². The van der Waals surface area contributed by atoms with Crippen LogP contribution in [-0.2, 0) is 25.8 Å². The van der Waals surface area contributed by atoms with Crippen molar-refractivity contribution in [2.45, 2.75) is 45.7 Å². The first-order chi connectivity index (χ1) is 13.9. The Morgan fingerprint density at radius 3 is 2.90 bits per heavy atom. The number of carbonyl (C=O) groups excluding carboxylic acids is 1. The molecule has 8 heteroatoms. The fourth-order valence-electron chi connectivity index (χ4n) is 3.37. The van der Waals surface area contributed by atoms with Crippen LogP contribution in [0.4, 0.5) is 9.18 Å². The lowest BCUT2D eigenvalue weighted by Crippen LogP contribution is -2.46. The van der Waals surface area contributed by atoms with Crippen LogP contribution in [0.1, 0.15) is 36.5 Å². The van der Waals surface area contributed by atoms with Gasteiger partial charge < -0.3 is 15.3 Å². The van der Waals surface area contributed by atoms with E-state index in [1.54, 1.807) is 11.0 Å². The molecular weight excluding hydrogens is 395 g/mol. The summed E-state index contributed by atoms with van der Waals surface area (Å²) in [5.74, 6) is 0.321. The molecule has 3 rings (SSSR count). The van der Waals surface area contributed by atoms with E-state index in [1.165, 1.54) is 12.1 Å². The Morgan fingerprint density at radius 1 is 1.38 bits per heavy atom. The molecule has 0 fully saturated rings. The summed E-state index contributed by atoms with van der Waals surface area (Å²) in [5, 5.41) is 12.3. The van der Waals surface area contributed by atoms with Crippen molar-refractivity contribution >= 4 is 17.6 Å². The Kier molecular flexibility index (Phi) is 7.03. The second-order valence-electron chi connectivity index (χ2n) is 7.72. The SMILES string of the molecule is C[C@@H](CO)Cc1ncc2c(n1)CN(C(=O)N[C@H](C)Cc1ccc(Cl)c(F)c1)CC2. The average Bonchev–Trinajstić information content (AvgIpc) is 2.70. The number of amides is 2. The lowest BCUT2D eigenvalue weighted by Gasteiger charge is -2.29. The molecule has 1 aromatic heterocycles. The molecule has 0 radical (unpaired) electrons. The van der Waals surface area contributed by atoms with Crippen molar-refractivity contribution in [2.75, 3.05) is 13.2 Å². The summed E-state index contributed by atoms with van der Waals surface area (Å²) >= 11 is 5.72. The van der Waals surface area contributed by atoms with E-state index >= 15 is 0 Å². The maximum atomic E-state index is 13.6. The zero-order chi connectivity index (χ0) is 21.0. The Morgan fingerprint density at radius 2 is 2.17 bits per heavy atom. The number of halogens is 2. The summed E-state index contributed by atoms with van der Waals surface area (Å²) in [7, 11) is 0. The molecule has 0 aliphatic carbocycles. The number of hydrogen-bond donors (Lipinski definition) is 2. The summed E-state index contributed by atoms with van der Waals surface area (Å²) in [6.07, 6.45) is 3.64. The molecule has 0 bridgehead atoms. The number of aliphatic hydroxyl groups is 1. The number of urea groups is 1. The first kappa shape index (κ1) is 21.5. The first-order valence-corrected chi connectivity index (χ1v) is 10.2.